The van der Waals surface area contributed by atoms with E-state index >= 15 is 0 Å². The minimum atomic E-state index is -0.528. The zero-order valence-electron chi connectivity index (χ0n) is 27.9. The Morgan fingerprint density at radius 3 is 2.70 bits per heavy atom. The first kappa shape index (κ1) is 34.1. The van der Waals surface area contributed by atoms with Gasteiger partial charge in [0.15, 0.2) is 5.78 Å². The van der Waals surface area contributed by atoms with Crippen molar-refractivity contribution in [2.75, 3.05) is 40.3 Å². The topological polar surface area (TPSA) is 89.2 Å². The predicted octanol–water partition coefficient (Wildman–Crippen LogP) is 6.47. The third-order valence-corrected chi connectivity index (χ3v) is 10.9. The Hall–Kier alpha value is -3.22. The number of ketones is 1. The number of nitriles is 1. The standard InChI is InChI=1S/C37H51N5O3S/c1-27-35(30-15-9-13-29(24-30)25-38)45-37(39-27)41-20-21-42(33(26-41)34(43)18-17-32-16-10-22-46-32)36(44)31(14-7-8-19-40(2)3)23-28-11-5-4-6-12-28/h9-10,13,15-16,22,24,27-28,31,33,35H,4-8,11-12,14,17-21,23,26H2,1-3H3/t27-,31-,33-,35+/m0/s1. The number of carbonyl (C=O) groups is 2. The van der Waals surface area contributed by atoms with Gasteiger partial charge in [-0.15, -0.1) is 11.3 Å². The lowest BCUT2D eigenvalue weighted by molar-refractivity contribution is -0.146. The van der Waals surface area contributed by atoms with Crippen molar-refractivity contribution in [2.24, 2.45) is 16.8 Å². The summed E-state index contributed by atoms with van der Waals surface area (Å²) in [5.74, 6) is 0.838. The molecule has 248 valence electrons. The Bertz CT molecular complexity index is 1360. The van der Waals surface area contributed by atoms with E-state index in [1.165, 1.54) is 37.0 Å². The van der Waals surface area contributed by atoms with Gasteiger partial charge in [-0.1, -0.05) is 56.7 Å². The van der Waals surface area contributed by atoms with Gasteiger partial charge in [0.05, 0.1) is 17.7 Å². The van der Waals surface area contributed by atoms with Crippen molar-refractivity contribution in [2.45, 2.75) is 95.7 Å². The normalized spacial score (nSPS) is 22.8. The number of rotatable bonds is 13. The average molecular weight is 646 g/mol. The van der Waals surface area contributed by atoms with Crippen LogP contribution < -0.4 is 0 Å². The molecule has 3 aliphatic rings. The lowest BCUT2D eigenvalue weighted by atomic mass is 9.80. The highest BCUT2D eigenvalue weighted by Crippen LogP contribution is 2.34. The summed E-state index contributed by atoms with van der Waals surface area (Å²) in [5.41, 5.74) is 1.51. The van der Waals surface area contributed by atoms with Crippen LogP contribution in [0.1, 0.15) is 93.2 Å². The Balaban J connectivity index is 1.32. The Morgan fingerprint density at radius 2 is 1.96 bits per heavy atom. The van der Waals surface area contributed by atoms with Crippen molar-refractivity contribution >= 4 is 29.0 Å². The summed E-state index contributed by atoms with van der Waals surface area (Å²) in [6.07, 6.45) is 11.0. The number of aryl methyl sites for hydroxylation is 1. The largest absolute Gasteiger partial charge is 0.455 e. The van der Waals surface area contributed by atoms with E-state index in [0.29, 0.717) is 50.0 Å². The molecule has 0 bridgehead atoms. The predicted molar refractivity (Wildman–Crippen MR) is 184 cm³/mol. The monoisotopic (exact) mass is 645 g/mol. The molecule has 1 aliphatic carbocycles. The molecule has 2 aliphatic heterocycles. The van der Waals surface area contributed by atoms with Gasteiger partial charge in [-0.05, 0) is 88.3 Å². The molecule has 0 radical (unpaired) electrons. The van der Waals surface area contributed by atoms with Crippen LogP contribution in [-0.4, -0.2) is 84.8 Å². The number of thiophene rings is 1. The number of aliphatic imine (C=N–C) groups is 1. The second kappa shape index (κ2) is 16.6. The summed E-state index contributed by atoms with van der Waals surface area (Å²) in [7, 11) is 4.20. The highest BCUT2D eigenvalue weighted by atomic mass is 32.1. The first-order chi connectivity index (χ1) is 22.3. The molecule has 4 atom stereocenters. The highest BCUT2D eigenvalue weighted by molar-refractivity contribution is 7.09. The maximum Gasteiger partial charge on any atom is 0.288 e. The molecule has 1 saturated heterocycles. The second-order valence-corrected chi connectivity index (χ2v) is 14.7. The third kappa shape index (κ3) is 8.98. The van der Waals surface area contributed by atoms with E-state index in [2.05, 4.69) is 36.0 Å². The molecule has 0 N–H and O–H groups in total. The van der Waals surface area contributed by atoms with Gasteiger partial charge in [0.2, 0.25) is 5.91 Å². The van der Waals surface area contributed by atoms with Crippen molar-refractivity contribution in [1.82, 2.24) is 14.7 Å². The molecule has 46 heavy (non-hydrogen) atoms. The van der Waals surface area contributed by atoms with Crippen LogP contribution in [0.3, 0.4) is 0 Å². The zero-order valence-corrected chi connectivity index (χ0v) is 28.7. The van der Waals surface area contributed by atoms with Gasteiger partial charge >= 0.3 is 0 Å². The molecule has 2 aromatic rings. The molecule has 3 heterocycles. The van der Waals surface area contributed by atoms with Crippen LogP contribution in [0.25, 0.3) is 0 Å². The third-order valence-electron chi connectivity index (χ3n) is 9.93. The number of hydrogen-bond donors (Lipinski definition) is 0. The molecule has 1 aromatic carbocycles. The fraction of sp³-hybridized carbons (Fsp3) is 0.622. The number of benzene rings is 1. The molecular formula is C37H51N5O3S. The second-order valence-electron chi connectivity index (χ2n) is 13.7. The molecule has 1 aromatic heterocycles. The van der Waals surface area contributed by atoms with Crippen molar-refractivity contribution < 1.29 is 14.3 Å². The highest BCUT2D eigenvalue weighted by Gasteiger charge is 2.41. The van der Waals surface area contributed by atoms with Gasteiger partial charge in [-0.25, -0.2) is 4.99 Å². The zero-order chi connectivity index (χ0) is 32.5. The van der Waals surface area contributed by atoms with E-state index in [4.69, 9.17) is 9.73 Å². The van der Waals surface area contributed by atoms with Gasteiger partial charge < -0.3 is 19.4 Å². The van der Waals surface area contributed by atoms with E-state index in [1.807, 2.05) is 41.5 Å². The molecule has 2 fully saturated rings. The quantitative estimate of drug-likeness (QED) is 0.232. The van der Waals surface area contributed by atoms with Crippen LogP contribution in [0.15, 0.2) is 46.8 Å². The van der Waals surface area contributed by atoms with Crippen molar-refractivity contribution in [3.05, 3.63) is 57.8 Å². The van der Waals surface area contributed by atoms with E-state index in [-0.39, 0.29) is 29.8 Å². The fourth-order valence-corrected chi connectivity index (χ4v) is 8.07. The van der Waals surface area contributed by atoms with Crippen LogP contribution in [0, 0.1) is 23.2 Å². The van der Waals surface area contributed by atoms with Gasteiger partial charge in [0.25, 0.3) is 6.02 Å². The summed E-state index contributed by atoms with van der Waals surface area (Å²) in [6, 6.07) is 13.7. The average Bonchev–Trinajstić information content (AvgIpc) is 3.74. The smallest absolute Gasteiger partial charge is 0.288 e. The van der Waals surface area contributed by atoms with Crippen LogP contribution >= 0.6 is 11.3 Å². The number of hydrogen-bond acceptors (Lipinski definition) is 8. The van der Waals surface area contributed by atoms with Crippen molar-refractivity contribution in [1.29, 1.82) is 5.26 Å². The summed E-state index contributed by atoms with van der Waals surface area (Å²) in [6.45, 7) is 4.50. The van der Waals surface area contributed by atoms with Gasteiger partial charge in [0.1, 0.15) is 12.1 Å². The van der Waals surface area contributed by atoms with Gasteiger partial charge in [0, 0.05) is 36.9 Å². The number of nitrogens with zero attached hydrogens (tertiary/aromatic N) is 5. The Kier molecular flexibility index (Phi) is 12.3. The van der Waals surface area contributed by atoms with E-state index in [0.717, 1.165) is 37.8 Å². The molecule has 8 nitrogen and oxygen atoms in total. The molecule has 0 unspecified atom stereocenters. The van der Waals surface area contributed by atoms with Gasteiger partial charge in [-0.2, -0.15) is 5.26 Å². The number of Topliss-reactive ketones (excluding diaryl/α,β-unsaturated/α-hetero) is 1. The van der Waals surface area contributed by atoms with Crippen LogP contribution in [0.2, 0.25) is 0 Å². The van der Waals surface area contributed by atoms with Crippen LogP contribution in [0.5, 0.6) is 0 Å². The number of amidine groups is 1. The maximum atomic E-state index is 14.5. The van der Waals surface area contributed by atoms with Crippen LogP contribution in [-0.2, 0) is 20.7 Å². The lowest BCUT2D eigenvalue weighted by Gasteiger charge is -2.42. The lowest BCUT2D eigenvalue weighted by Crippen LogP contribution is -2.60. The SMILES string of the molecule is C[C@@H]1N=C(N2CCN(C(=O)[C@@H](CCCCN(C)C)CC3CCCCC3)[C@H](C(=O)CCc3cccs3)C2)O[C@H]1c1cccc(C#N)c1. The number of carbonyl (C=O) groups excluding carboxylic acids is 2. The summed E-state index contributed by atoms with van der Waals surface area (Å²) in [4.78, 5) is 40.8. The molecule has 1 saturated carbocycles. The first-order valence-corrected chi connectivity index (χ1v) is 18.2. The summed E-state index contributed by atoms with van der Waals surface area (Å²) >= 11 is 1.67. The van der Waals surface area contributed by atoms with E-state index in [9.17, 15) is 14.9 Å². The molecule has 9 heteroatoms. The Morgan fingerprint density at radius 1 is 1.13 bits per heavy atom. The van der Waals surface area contributed by atoms with Crippen molar-refractivity contribution in [3.8, 4) is 6.07 Å². The molecular weight excluding hydrogens is 595 g/mol. The van der Waals surface area contributed by atoms with Crippen molar-refractivity contribution in [3.63, 3.8) is 0 Å². The maximum absolute atomic E-state index is 14.5. The molecule has 1 amide bonds. The van der Waals surface area contributed by atoms with Gasteiger partial charge in [-0.3, -0.25) is 9.59 Å². The number of piperazine rings is 1. The Labute approximate surface area is 279 Å². The van der Waals surface area contributed by atoms with E-state index < -0.39 is 6.04 Å². The number of amides is 1. The van der Waals surface area contributed by atoms with Crippen LogP contribution in [0.4, 0.5) is 0 Å². The first-order valence-electron chi connectivity index (χ1n) is 17.3. The van der Waals surface area contributed by atoms with E-state index in [1.54, 1.807) is 17.4 Å². The minimum absolute atomic E-state index is 0.0405. The number of unbranched alkanes of at least 4 members (excludes halogenated alkanes) is 1. The molecule has 5 rings (SSSR count). The summed E-state index contributed by atoms with van der Waals surface area (Å²) in [5, 5.41) is 11.4. The number of ether oxygens (including phenoxy) is 1. The molecule has 0 spiro atoms. The fourth-order valence-electron chi connectivity index (χ4n) is 7.36. The minimum Gasteiger partial charge on any atom is -0.455 e. The summed E-state index contributed by atoms with van der Waals surface area (Å²) < 4.78 is 6.42.